The molecule has 0 unspecified atom stereocenters. The monoisotopic (exact) mass is 306 g/mol. The molecule has 0 bridgehead atoms. The first-order valence-corrected chi connectivity index (χ1v) is 6.85. The molecule has 0 aliphatic heterocycles. The second-order valence-corrected chi connectivity index (χ2v) is 5.04. The molecule has 21 heavy (non-hydrogen) atoms. The van der Waals surface area contributed by atoms with Crippen LogP contribution in [0.5, 0.6) is 5.75 Å². The molecule has 0 radical (unpaired) electrons. The van der Waals surface area contributed by atoms with E-state index < -0.39 is 4.92 Å². The average Bonchev–Trinajstić information content (AvgIpc) is 2.46. The summed E-state index contributed by atoms with van der Waals surface area (Å²) in [5.41, 5.74) is 1.86. The Balaban J connectivity index is 1.85. The molecule has 2 aromatic rings. The number of aromatic hydroxyl groups is 1. The third-order valence-electron chi connectivity index (χ3n) is 3.06. The van der Waals surface area contributed by atoms with Gasteiger partial charge in [0.15, 0.2) is 0 Å². The molecule has 5 nitrogen and oxygen atoms in total. The topological polar surface area (TPSA) is 75.4 Å². The zero-order chi connectivity index (χ0) is 15.2. The maximum absolute atomic E-state index is 10.8. The minimum absolute atomic E-state index is 0.0745. The van der Waals surface area contributed by atoms with Crippen molar-refractivity contribution in [1.82, 2.24) is 5.32 Å². The largest absolute Gasteiger partial charge is 0.508 e. The van der Waals surface area contributed by atoms with E-state index in [4.69, 9.17) is 11.6 Å². The summed E-state index contributed by atoms with van der Waals surface area (Å²) in [4.78, 5) is 10.3. The van der Waals surface area contributed by atoms with Crippen LogP contribution < -0.4 is 5.32 Å². The molecule has 0 spiro atoms. The molecule has 2 rings (SSSR count). The first-order chi connectivity index (χ1) is 10.1. The summed E-state index contributed by atoms with van der Waals surface area (Å²) >= 11 is 5.76. The lowest BCUT2D eigenvalue weighted by atomic mass is 10.1. The highest BCUT2D eigenvalue weighted by Gasteiger charge is 2.12. The molecule has 6 heteroatoms. The Kier molecular flexibility index (Phi) is 5.14. The Labute approximate surface area is 127 Å². The summed E-state index contributed by atoms with van der Waals surface area (Å²) in [5.74, 6) is 0.250. The van der Waals surface area contributed by atoms with Crippen LogP contribution in [-0.2, 0) is 13.0 Å². The van der Waals surface area contributed by atoms with Gasteiger partial charge < -0.3 is 10.4 Å². The Morgan fingerprint density at radius 3 is 2.48 bits per heavy atom. The van der Waals surface area contributed by atoms with Crippen LogP contribution in [0.25, 0.3) is 0 Å². The number of rotatable bonds is 6. The molecule has 0 saturated carbocycles. The average molecular weight is 307 g/mol. The molecule has 0 amide bonds. The van der Waals surface area contributed by atoms with Crippen molar-refractivity contribution in [3.05, 3.63) is 68.7 Å². The fourth-order valence-electron chi connectivity index (χ4n) is 1.94. The van der Waals surface area contributed by atoms with Crippen LogP contribution in [0.1, 0.15) is 11.1 Å². The molecule has 0 aromatic heterocycles. The summed E-state index contributed by atoms with van der Waals surface area (Å²) in [7, 11) is 0. The fourth-order valence-corrected chi connectivity index (χ4v) is 2.12. The van der Waals surface area contributed by atoms with Gasteiger partial charge in [0, 0.05) is 12.6 Å². The molecule has 0 aliphatic rings. The van der Waals surface area contributed by atoms with E-state index in [1.165, 1.54) is 12.1 Å². The number of phenolic OH excluding ortho intramolecular Hbond substituents is 1. The third kappa shape index (κ3) is 4.44. The Morgan fingerprint density at radius 2 is 1.81 bits per heavy atom. The van der Waals surface area contributed by atoms with Gasteiger partial charge in [0.1, 0.15) is 10.8 Å². The highest BCUT2D eigenvalue weighted by Crippen LogP contribution is 2.24. The van der Waals surface area contributed by atoms with E-state index in [2.05, 4.69) is 5.32 Å². The predicted molar refractivity (Wildman–Crippen MR) is 81.6 cm³/mol. The lowest BCUT2D eigenvalue weighted by molar-refractivity contribution is -0.384. The van der Waals surface area contributed by atoms with Crippen LogP contribution in [0.3, 0.4) is 0 Å². The van der Waals surface area contributed by atoms with E-state index >= 15 is 0 Å². The van der Waals surface area contributed by atoms with Crippen molar-refractivity contribution in [2.75, 3.05) is 6.54 Å². The molecule has 110 valence electrons. The van der Waals surface area contributed by atoms with E-state index in [0.29, 0.717) is 6.54 Å². The van der Waals surface area contributed by atoms with Crippen LogP contribution >= 0.6 is 11.6 Å². The van der Waals surface area contributed by atoms with E-state index in [-0.39, 0.29) is 16.5 Å². The molecule has 0 aliphatic carbocycles. The minimum Gasteiger partial charge on any atom is -0.508 e. The third-order valence-corrected chi connectivity index (χ3v) is 3.38. The van der Waals surface area contributed by atoms with Crippen molar-refractivity contribution in [2.24, 2.45) is 0 Å². The van der Waals surface area contributed by atoms with E-state index in [1.807, 2.05) is 12.1 Å². The van der Waals surface area contributed by atoms with Crippen LogP contribution in [-0.4, -0.2) is 16.6 Å². The fraction of sp³-hybridized carbons (Fsp3) is 0.200. The Morgan fingerprint density at radius 1 is 1.14 bits per heavy atom. The standard InChI is InChI=1S/C15H15ClN2O3/c16-14-6-3-12(9-15(14)18(20)21)10-17-8-7-11-1-4-13(19)5-2-11/h1-6,9,17,19H,7-8,10H2. The van der Waals surface area contributed by atoms with Crippen molar-refractivity contribution in [3.8, 4) is 5.75 Å². The summed E-state index contributed by atoms with van der Waals surface area (Å²) in [6.45, 7) is 1.28. The Hall–Kier alpha value is -2.11. The quantitative estimate of drug-likeness (QED) is 0.488. The zero-order valence-electron chi connectivity index (χ0n) is 11.3. The van der Waals surface area contributed by atoms with Crippen molar-refractivity contribution >= 4 is 17.3 Å². The van der Waals surface area contributed by atoms with E-state index in [0.717, 1.165) is 24.1 Å². The number of nitrogens with zero attached hydrogens (tertiary/aromatic N) is 1. The first kappa shape index (κ1) is 15.3. The van der Waals surface area contributed by atoms with Crippen molar-refractivity contribution < 1.29 is 10.0 Å². The second kappa shape index (κ2) is 7.06. The second-order valence-electron chi connectivity index (χ2n) is 4.64. The van der Waals surface area contributed by atoms with Gasteiger partial charge in [-0.15, -0.1) is 0 Å². The maximum Gasteiger partial charge on any atom is 0.288 e. The van der Waals surface area contributed by atoms with Crippen molar-refractivity contribution in [1.29, 1.82) is 0 Å². The summed E-state index contributed by atoms with van der Waals surface area (Å²) in [6.07, 6.45) is 0.815. The first-order valence-electron chi connectivity index (χ1n) is 6.47. The number of halogens is 1. The SMILES string of the molecule is O=[N+]([O-])c1cc(CNCCc2ccc(O)cc2)ccc1Cl. The lowest BCUT2D eigenvalue weighted by Crippen LogP contribution is -2.16. The smallest absolute Gasteiger partial charge is 0.288 e. The number of hydrogen-bond donors (Lipinski definition) is 2. The number of nitro benzene ring substituents is 1. The van der Waals surface area contributed by atoms with Gasteiger partial charge in [-0.2, -0.15) is 0 Å². The molecule has 0 heterocycles. The number of phenols is 1. The van der Waals surface area contributed by atoms with Crippen LogP contribution in [0, 0.1) is 10.1 Å². The molecule has 0 saturated heterocycles. The summed E-state index contributed by atoms with van der Waals surface area (Å²) < 4.78 is 0. The molecule has 2 N–H and O–H groups in total. The van der Waals surface area contributed by atoms with E-state index in [9.17, 15) is 15.2 Å². The molecule has 0 atom stereocenters. The number of nitrogens with one attached hydrogen (secondary N) is 1. The normalized spacial score (nSPS) is 10.5. The van der Waals surface area contributed by atoms with Gasteiger partial charge in [-0.05, 0) is 42.3 Å². The van der Waals surface area contributed by atoms with Gasteiger partial charge in [0.25, 0.3) is 5.69 Å². The summed E-state index contributed by atoms with van der Waals surface area (Å²) in [5, 5.41) is 23.4. The van der Waals surface area contributed by atoms with Crippen molar-refractivity contribution in [2.45, 2.75) is 13.0 Å². The Bertz CT molecular complexity index is 629. The van der Waals surface area contributed by atoms with Gasteiger partial charge in [0.2, 0.25) is 0 Å². The van der Waals surface area contributed by atoms with Gasteiger partial charge in [-0.3, -0.25) is 10.1 Å². The minimum atomic E-state index is -0.484. The molecule has 0 fully saturated rings. The highest BCUT2D eigenvalue weighted by atomic mass is 35.5. The number of benzene rings is 2. The molecule has 2 aromatic carbocycles. The van der Waals surface area contributed by atoms with Gasteiger partial charge in [-0.1, -0.05) is 29.8 Å². The highest BCUT2D eigenvalue weighted by molar-refractivity contribution is 6.32. The molecular weight excluding hydrogens is 292 g/mol. The predicted octanol–water partition coefficient (Wildman–Crippen LogP) is 3.29. The van der Waals surface area contributed by atoms with E-state index in [1.54, 1.807) is 18.2 Å². The number of nitro groups is 1. The van der Waals surface area contributed by atoms with Crippen molar-refractivity contribution in [3.63, 3.8) is 0 Å². The van der Waals surface area contributed by atoms with Crippen LogP contribution in [0.4, 0.5) is 5.69 Å². The van der Waals surface area contributed by atoms with Crippen LogP contribution in [0.2, 0.25) is 5.02 Å². The number of hydrogen-bond acceptors (Lipinski definition) is 4. The van der Waals surface area contributed by atoms with Gasteiger partial charge in [-0.25, -0.2) is 0 Å². The lowest BCUT2D eigenvalue weighted by Gasteiger charge is -2.06. The summed E-state index contributed by atoms with van der Waals surface area (Å²) in [6, 6.07) is 11.8. The van der Waals surface area contributed by atoms with Gasteiger partial charge in [0.05, 0.1) is 4.92 Å². The zero-order valence-corrected chi connectivity index (χ0v) is 12.0. The molecular formula is C15H15ClN2O3. The van der Waals surface area contributed by atoms with Gasteiger partial charge >= 0.3 is 0 Å². The maximum atomic E-state index is 10.8. The van der Waals surface area contributed by atoms with Crippen LogP contribution in [0.15, 0.2) is 42.5 Å².